The van der Waals surface area contributed by atoms with Crippen LogP contribution in [0.5, 0.6) is 0 Å². The molecule has 0 spiro atoms. The monoisotopic (exact) mass is 412 g/mol. The van der Waals surface area contributed by atoms with Crippen molar-refractivity contribution in [1.82, 2.24) is 30.0 Å². The lowest BCUT2D eigenvalue weighted by molar-refractivity contribution is 0.140. The first-order valence-corrected chi connectivity index (χ1v) is 9.93. The summed E-state index contributed by atoms with van der Waals surface area (Å²) in [6.45, 7) is 3.70. The normalized spacial score (nSPS) is 18.3. The Morgan fingerprint density at radius 1 is 1.23 bits per heavy atom. The summed E-state index contributed by atoms with van der Waals surface area (Å²) in [5.41, 5.74) is 6.48. The molecular formula is C20H25FN8O. The predicted molar refractivity (Wildman–Crippen MR) is 110 cm³/mol. The minimum absolute atomic E-state index is 0.0394. The van der Waals surface area contributed by atoms with Gasteiger partial charge in [0, 0.05) is 26.2 Å². The molecule has 30 heavy (non-hydrogen) atoms. The van der Waals surface area contributed by atoms with Crippen LogP contribution in [0.1, 0.15) is 43.4 Å². The third kappa shape index (κ3) is 4.23. The van der Waals surface area contributed by atoms with Crippen LogP contribution in [0.2, 0.25) is 0 Å². The second-order valence-corrected chi connectivity index (χ2v) is 7.72. The van der Waals surface area contributed by atoms with E-state index in [0.717, 1.165) is 25.9 Å². The number of rotatable bonds is 5. The van der Waals surface area contributed by atoms with Crippen LogP contribution in [0, 0.1) is 5.82 Å². The maximum absolute atomic E-state index is 13.5. The number of nitrogen functional groups attached to an aromatic ring is 1. The molecular weight excluding hydrogens is 387 g/mol. The fraction of sp³-hybridized carbons (Fsp3) is 0.450. The molecule has 158 valence electrons. The van der Waals surface area contributed by atoms with Gasteiger partial charge in [0.2, 0.25) is 23.6 Å². The summed E-state index contributed by atoms with van der Waals surface area (Å²) in [6.07, 6.45) is 1.92. The maximum Gasteiger partial charge on any atom is 0.231 e. The van der Waals surface area contributed by atoms with Gasteiger partial charge in [-0.25, -0.2) is 4.39 Å². The third-order valence-electron chi connectivity index (χ3n) is 5.31. The van der Waals surface area contributed by atoms with Gasteiger partial charge in [0.15, 0.2) is 5.82 Å². The van der Waals surface area contributed by atoms with Gasteiger partial charge in [0.25, 0.3) is 0 Å². The number of hydrogen-bond donors (Lipinski definition) is 1. The zero-order valence-electron chi connectivity index (χ0n) is 17.3. The van der Waals surface area contributed by atoms with Crippen molar-refractivity contribution in [2.45, 2.75) is 31.7 Å². The summed E-state index contributed by atoms with van der Waals surface area (Å²) < 4.78 is 19.0. The van der Waals surface area contributed by atoms with Crippen LogP contribution in [0.25, 0.3) is 11.4 Å². The van der Waals surface area contributed by atoms with Crippen molar-refractivity contribution < 1.29 is 8.91 Å². The standard InChI is InChI=1S/C20H25FN8O/c1-12(16-24-19(22)26-20(25-16)28(2)3)29-9-5-7-14(11-29)18-23-17(27-30-18)13-6-4-8-15(21)10-13/h4,6,8,10,12,14H,5,7,9,11H2,1-3H3,(H2,22,24,25,26). The van der Waals surface area contributed by atoms with Gasteiger partial charge in [-0.3, -0.25) is 4.90 Å². The van der Waals surface area contributed by atoms with E-state index in [1.807, 2.05) is 14.1 Å². The smallest absolute Gasteiger partial charge is 0.231 e. The van der Waals surface area contributed by atoms with Crippen molar-refractivity contribution in [3.05, 3.63) is 41.8 Å². The van der Waals surface area contributed by atoms with E-state index in [4.69, 9.17) is 10.3 Å². The van der Waals surface area contributed by atoms with Crippen LogP contribution in [0.15, 0.2) is 28.8 Å². The minimum atomic E-state index is -0.328. The molecule has 1 aliphatic rings. The number of nitrogens with two attached hydrogens (primary N) is 1. The molecule has 4 rings (SSSR count). The molecule has 1 aliphatic heterocycles. The summed E-state index contributed by atoms with van der Waals surface area (Å²) in [5.74, 6) is 2.10. The second kappa shape index (κ2) is 8.31. The van der Waals surface area contributed by atoms with Gasteiger partial charge in [-0.15, -0.1) is 0 Å². The summed E-state index contributed by atoms with van der Waals surface area (Å²) in [5, 5.41) is 4.05. The summed E-state index contributed by atoms with van der Waals surface area (Å²) in [6, 6.07) is 6.15. The average molecular weight is 412 g/mol. The highest BCUT2D eigenvalue weighted by atomic mass is 19.1. The van der Waals surface area contributed by atoms with Gasteiger partial charge in [0.1, 0.15) is 5.82 Å². The van der Waals surface area contributed by atoms with Crippen molar-refractivity contribution in [2.24, 2.45) is 0 Å². The summed E-state index contributed by atoms with van der Waals surface area (Å²) in [7, 11) is 3.73. The highest BCUT2D eigenvalue weighted by Crippen LogP contribution is 2.31. The molecule has 9 nitrogen and oxygen atoms in total. The first kappa shape index (κ1) is 20.1. The van der Waals surface area contributed by atoms with Gasteiger partial charge in [-0.05, 0) is 38.4 Å². The fourth-order valence-corrected chi connectivity index (χ4v) is 3.65. The summed E-state index contributed by atoms with van der Waals surface area (Å²) in [4.78, 5) is 21.7. The molecule has 1 aromatic carbocycles. The van der Waals surface area contributed by atoms with Crippen LogP contribution >= 0.6 is 0 Å². The Balaban J connectivity index is 1.51. The van der Waals surface area contributed by atoms with E-state index < -0.39 is 0 Å². The molecule has 0 amide bonds. The van der Waals surface area contributed by atoms with E-state index >= 15 is 0 Å². The molecule has 1 saturated heterocycles. The van der Waals surface area contributed by atoms with Crippen LogP contribution in [-0.4, -0.2) is 57.2 Å². The SMILES string of the molecule is CC(c1nc(N)nc(N(C)C)n1)N1CCCC(c2nc(-c3cccc(F)c3)no2)C1. The number of halogens is 1. The zero-order chi connectivity index (χ0) is 21.3. The number of piperidine rings is 1. The van der Waals surface area contributed by atoms with Crippen molar-refractivity contribution in [3.8, 4) is 11.4 Å². The van der Waals surface area contributed by atoms with E-state index in [1.54, 1.807) is 17.0 Å². The van der Waals surface area contributed by atoms with Crippen LogP contribution in [0.3, 0.4) is 0 Å². The van der Waals surface area contributed by atoms with Gasteiger partial charge in [-0.2, -0.15) is 19.9 Å². The largest absolute Gasteiger partial charge is 0.368 e. The Labute approximate surface area is 174 Å². The number of nitrogens with zero attached hydrogens (tertiary/aromatic N) is 7. The van der Waals surface area contributed by atoms with E-state index in [-0.39, 0.29) is 23.7 Å². The number of anilines is 2. The second-order valence-electron chi connectivity index (χ2n) is 7.72. The molecule has 0 radical (unpaired) electrons. The Hall–Kier alpha value is -3.14. The van der Waals surface area contributed by atoms with E-state index in [1.165, 1.54) is 12.1 Å². The lowest BCUT2D eigenvalue weighted by atomic mass is 9.96. The Kier molecular flexibility index (Phi) is 5.58. The summed E-state index contributed by atoms with van der Waals surface area (Å²) >= 11 is 0. The Morgan fingerprint density at radius 2 is 2.07 bits per heavy atom. The molecule has 1 fully saturated rings. The fourth-order valence-electron chi connectivity index (χ4n) is 3.65. The topological polar surface area (TPSA) is 110 Å². The van der Waals surface area contributed by atoms with Crippen LogP contribution < -0.4 is 10.6 Å². The lowest BCUT2D eigenvalue weighted by Gasteiger charge is -2.34. The van der Waals surface area contributed by atoms with E-state index in [2.05, 4.69) is 36.9 Å². The lowest BCUT2D eigenvalue weighted by Crippen LogP contribution is -2.37. The van der Waals surface area contributed by atoms with Gasteiger partial charge in [-0.1, -0.05) is 17.3 Å². The number of likely N-dealkylation sites (tertiary alicyclic amines) is 1. The zero-order valence-corrected chi connectivity index (χ0v) is 17.3. The van der Waals surface area contributed by atoms with Crippen LogP contribution in [0.4, 0.5) is 16.3 Å². The van der Waals surface area contributed by atoms with Crippen molar-refractivity contribution >= 4 is 11.9 Å². The third-order valence-corrected chi connectivity index (χ3v) is 5.31. The number of aromatic nitrogens is 5. The molecule has 2 aromatic heterocycles. The number of hydrogen-bond acceptors (Lipinski definition) is 9. The molecule has 0 bridgehead atoms. The number of benzene rings is 1. The highest BCUT2D eigenvalue weighted by Gasteiger charge is 2.30. The molecule has 2 atom stereocenters. The Bertz CT molecular complexity index is 1020. The van der Waals surface area contributed by atoms with E-state index in [9.17, 15) is 4.39 Å². The molecule has 3 heterocycles. The van der Waals surface area contributed by atoms with Crippen LogP contribution in [-0.2, 0) is 0 Å². The van der Waals surface area contributed by atoms with Crippen molar-refractivity contribution in [1.29, 1.82) is 0 Å². The predicted octanol–water partition coefficient (Wildman–Crippen LogP) is 2.65. The van der Waals surface area contributed by atoms with Crippen molar-refractivity contribution in [2.75, 3.05) is 37.8 Å². The average Bonchev–Trinajstić information content (AvgIpc) is 3.23. The molecule has 2 unspecified atom stereocenters. The van der Waals surface area contributed by atoms with Gasteiger partial charge in [0.05, 0.1) is 12.0 Å². The quantitative estimate of drug-likeness (QED) is 0.676. The Morgan fingerprint density at radius 3 is 2.83 bits per heavy atom. The minimum Gasteiger partial charge on any atom is -0.368 e. The first-order chi connectivity index (χ1) is 14.4. The molecule has 2 N–H and O–H groups in total. The highest BCUT2D eigenvalue weighted by molar-refractivity contribution is 5.53. The molecule has 3 aromatic rings. The maximum atomic E-state index is 13.5. The first-order valence-electron chi connectivity index (χ1n) is 9.93. The molecule has 0 aliphatic carbocycles. The van der Waals surface area contributed by atoms with E-state index in [0.29, 0.717) is 29.1 Å². The molecule has 0 saturated carbocycles. The van der Waals surface area contributed by atoms with Crippen molar-refractivity contribution in [3.63, 3.8) is 0 Å². The van der Waals surface area contributed by atoms with Gasteiger partial charge >= 0.3 is 0 Å². The van der Waals surface area contributed by atoms with Gasteiger partial charge < -0.3 is 15.2 Å². The molecule has 10 heteroatoms.